The molecule has 2 amide bonds. The molecule has 28 heavy (non-hydrogen) atoms. The maximum Gasteiger partial charge on any atom is 0.255 e. The van der Waals surface area contributed by atoms with Crippen molar-refractivity contribution in [2.75, 3.05) is 32.8 Å². The van der Waals surface area contributed by atoms with E-state index >= 15 is 0 Å². The number of likely N-dealkylation sites (tertiary alicyclic amines) is 2. The summed E-state index contributed by atoms with van der Waals surface area (Å²) in [6, 6.07) is 9.11. The van der Waals surface area contributed by atoms with Gasteiger partial charge in [0.15, 0.2) is 0 Å². The van der Waals surface area contributed by atoms with Gasteiger partial charge in [-0.15, -0.1) is 0 Å². The predicted octanol–water partition coefficient (Wildman–Crippen LogP) is 2.58. The molecule has 148 valence electrons. The molecule has 3 saturated heterocycles. The summed E-state index contributed by atoms with van der Waals surface area (Å²) >= 11 is 0. The summed E-state index contributed by atoms with van der Waals surface area (Å²) in [6.45, 7) is 3.65. The number of ether oxygens (including phenoxy) is 1. The lowest BCUT2D eigenvalue weighted by Gasteiger charge is -2.47. The lowest BCUT2D eigenvalue weighted by Crippen LogP contribution is -2.53. The quantitative estimate of drug-likeness (QED) is 0.807. The van der Waals surface area contributed by atoms with Gasteiger partial charge in [0.05, 0.1) is 23.3 Å². The van der Waals surface area contributed by atoms with Gasteiger partial charge >= 0.3 is 0 Å². The van der Waals surface area contributed by atoms with Crippen LogP contribution in [0.2, 0.25) is 0 Å². The van der Waals surface area contributed by atoms with E-state index in [1.807, 2.05) is 9.80 Å². The molecule has 0 N–H and O–H groups in total. The Morgan fingerprint density at radius 1 is 1.25 bits per heavy atom. The number of amides is 2. The van der Waals surface area contributed by atoms with Crippen LogP contribution in [0.15, 0.2) is 24.3 Å². The molecule has 0 bridgehead atoms. The summed E-state index contributed by atoms with van der Waals surface area (Å²) in [7, 11) is 0. The van der Waals surface area contributed by atoms with Gasteiger partial charge in [0.1, 0.15) is 0 Å². The number of nitrogens with zero attached hydrogens (tertiary/aromatic N) is 3. The Kier molecular flexibility index (Phi) is 5.36. The smallest absolute Gasteiger partial charge is 0.255 e. The molecule has 0 aromatic heterocycles. The molecule has 0 aliphatic carbocycles. The topological polar surface area (TPSA) is 73.6 Å². The zero-order chi connectivity index (χ0) is 19.6. The third-order valence-corrected chi connectivity index (χ3v) is 6.59. The molecule has 6 nitrogen and oxygen atoms in total. The molecule has 3 aliphatic heterocycles. The minimum absolute atomic E-state index is 0.0601. The standard InChI is InChI=1S/C22H27N3O3/c23-14-17-4-1-2-6-19(17)21(27)24-11-9-22(10-12-24)8-7-20(26)25(16-22)15-18-5-3-13-28-18/h1-2,4,6,18H,3,5,7-13,15-16H2/t18-/m1/s1. The number of hydrogen-bond acceptors (Lipinski definition) is 4. The van der Waals surface area contributed by atoms with Crippen LogP contribution in [0.1, 0.15) is 54.4 Å². The second-order valence-corrected chi connectivity index (χ2v) is 8.36. The van der Waals surface area contributed by atoms with E-state index in [1.165, 1.54) is 0 Å². The van der Waals surface area contributed by atoms with Gasteiger partial charge in [0.2, 0.25) is 5.91 Å². The molecule has 0 saturated carbocycles. The molecule has 1 aromatic rings. The highest BCUT2D eigenvalue weighted by Gasteiger charge is 2.42. The summed E-state index contributed by atoms with van der Waals surface area (Å²) < 4.78 is 5.73. The van der Waals surface area contributed by atoms with Gasteiger partial charge in [-0.2, -0.15) is 5.26 Å². The number of carbonyl (C=O) groups is 2. The summed E-state index contributed by atoms with van der Waals surface area (Å²) in [6.07, 6.45) is 5.62. The summed E-state index contributed by atoms with van der Waals surface area (Å²) in [5.74, 6) is 0.178. The van der Waals surface area contributed by atoms with Gasteiger partial charge in [-0.1, -0.05) is 12.1 Å². The van der Waals surface area contributed by atoms with Crippen molar-refractivity contribution in [1.82, 2.24) is 9.80 Å². The van der Waals surface area contributed by atoms with Crippen molar-refractivity contribution in [2.45, 2.75) is 44.6 Å². The first kappa shape index (κ1) is 18.9. The van der Waals surface area contributed by atoms with Crippen LogP contribution in [0.5, 0.6) is 0 Å². The molecule has 6 heteroatoms. The molecule has 3 fully saturated rings. The molecule has 4 rings (SSSR count). The van der Waals surface area contributed by atoms with Crippen LogP contribution < -0.4 is 0 Å². The van der Waals surface area contributed by atoms with E-state index in [1.54, 1.807) is 24.3 Å². The second-order valence-electron chi connectivity index (χ2n) is 8.36. The zero-order valence-corrected chi connectivity index (χ0v) is 16.2. The number of piperidine rings is 2. The molecule has 3 aliphatic rings. The molecule has 1 atom stereocenters. The normalized spacial score (nSPS) is 24.4. The maximum absolute atomic E-state index is 12.9. The Bertz CT molecular complexity index is 786. The fraction of sp³-hybridized carbons (Fsp3) is 0.591. The van der Waals surface area contributed by atoms with Crippen molar-refractivity contribution in [3.8, 4) is 6.07 Å². The van der Waals surface area contributed by atoms with E-state index < -0.39 is 0 Å². The number of carbonyl (C=O) groups excluding carboxylic acids is 2. The van der Waals surface area contributed by atoms with E-state index in [9.17, 15) is 14.9 Å². The number of hydrogen-bond donors (Lipinski definition) is 0. The molecule has 1 aromatic carbocycles. The van der Waals surface area contributed by atoms with Gasteiger partial charge in [-0.3, -0.25) is 9.59 Å². The van der Waals surface area contributed by atoms with Gasteiger partial charge in [0.25, 0.3) is 5.91 Å². The SMILES string of the molecule is N#Cc1ccccc1C(=O)N1CCC2(CCC(=O)N(C[C@H]3CCCO3)C2)CC1. The minimum Gasteiger partial charge on any atom is -0.376 e. The number of nitriles is 1. The van der Waals surface area contributed by atoms with Crippen LogP contribution in [-0.4, -0.2) is 60.5 Å². The van der Waals surface area contributed by atoms with Crippen LogP contribution in [0.25, 0.3) is 0 Å². The largest absolute Gasteiger partial charge is 0.376 e. The predicted molar refractivity (Wildman–Crippen MR) is 104 cm³/mol. The minimum atomic E-state index is -0.0601. The first-order valence-corrected chi connectivity index (χ1v) is 10.3. The first-order chi connectivity index (χ1) is 13.6. The molecule has 3 heterocycles. The van der Waals surface area contributed by atoms with Crippen LogP contribution >= 0.6 is 0 Å². The summed E-state index contributed by atoms with van der Waals surface area (Å²) in [5, 5.41) is 9.27. The van der Waals surface area contributed by atoms with Gasteiger partial charge in [-0.05, 0) is 49.7 Å². The zero-order valence-electron chi connectivity index (χ0n) is 16.2. The lowest BCUT2D eigenvalue weighted by atomic mass is 9.72. The first-order valence-electron chi connectivity index (χ1n) is 10.3. The molecule has 0 radical (unpaired) electrons. The average molecular weight is 381 g/mol. The van der Waals surface area contributed by atoms with Gasteiger partial charge < -0.3 is 14.5 Å². The Morgan fingerprint density at radius 2 is 2.04 bits per heavy atom. The van der Waals surface area contributed by atoms with Crippen molar-refractivity contribution >= 4 is 11.8 Å². The Labute approximate surface area is 166 Å². The van der Waals surface area contributed by atoms with Crippen LogP contribution in [0.4, 0.5) is 0 Å². The fourth-order valence-electron chi connectivity index (χ4n) is 4.83. The third-order valence-electron chi connectivity index (χ3n) is 6.59. The Hall–Kier alpha value is -2.39. The molecule has 1 spiro atoms. The summed E-state index contributed by atoms with van der Waals surface area (Å²) in [5.41, 5.74) is 1.02. The van der Waals surface area contributed by atoms with Crippen molar-refractivity contribution in [3.63, 3.8) is 0 Å². The van der Waals surface area contributed by atoms with Gasteiger partial charge in [-0.25, -0.2) is 0 Å². The highest BCUT2D eigenvalue weighted by atomic mass is 16.5. The number of benzene rings is 1. The van der Waals surface area contributed by atoms with Crippen molar-refractivity contribution in [2.24, 2.45) is 5.41 Å². The van der Waals surface area contributed by atoms with Crippen LogP contribution in [0.3, 0.4) is 0 Å². The Balaban J connectivity index is 1.39. The lowest BCUT2D eigenvalue weighted by molar-refractivity contribution is -0.141. The van der Waals surface area contributed by atoms with Crippen LogP contribution in [-0.2, 0) is 9.53 Å². The molecular weight excluding hydrogens is 354 g/mol. The Morgan fingerprint density at radius 3 is 2.75 bits per heavy atom. The van der Waals surface area contributed by atoms with Crippen LogP contribution in [0, 0.1) is 16.7 Å². The highest BCUT2D eigenvalue weighted by molar-refractivity contribution is 5.96. The molecular formula is C22H27N3O3. The van der Waals surface area contributed by atoms with E-state index in [4.69, 9.17) is 4.74 Å². The third kappa shape index (κ3) is 3.77. The molecule has 0 unspecified atom stereocenters. The average Bonchev–Trinajstić information content (AvgIpc) is 3.24. The van der Waals surface area contributed by atoms with Crippen molar-refractivity contribution < 1.29 is 14.3 Å². The monoisotopic (exact) mass is 381 g/mol. The van der Waals surface area contributed by atoms with E-state index in [0.29, 0.717) is 37.2 Å². The van der Waals surface area contributed by atoms with Crippen molar-refractivity contribution in [1.29, 1.82) is 5.26 Å². The summed E-state index contributed by atoms with van der Waals surface area (Å²) in [4.78, 5) is 29.2. The maximum atomic E-state index is 12.9. The van der Waals surface area contributed by atoms with Crippen molar-refractivity contribution in [3.05, 3.63) is 35.4 Å². The van der Waals surface area contributed by atoms with Gasteiger partial charge in [0, 0.05) is 39.2 Å². The second kappa shape index (κ2) is 7.92. The highest BCUT2D eigenvalue weighted by Crippen LogP contribution is 2.40. The number of rotatable bonds is 3. The van der Waals surface area contributed by atoms with E-state index in [2.05, 4.69) is 6.07 Å². The fourth-order valence-corrected chi connectivity index (χ4v) is 4.83. The van der Waals surface area contributed by atoms with E-state index in [-0.39, 0.29) is 23.3 Å². The van der Waals surface area contributed by atoms with E-state index in [0.717, 1.165) is 45.3 Å².